The van der Waals surface area contributed by atoms with Gasteiger partial charge >= 0.3 is 0 Å². The van der Waals surface area contributed by atoms with Gasteiger partial charge in [-0.1, -0.05) is 315 Å². The molecule has 0 saturated heterocycles. The Hall–Kier alpha value is -6.44. The Morgan fingerprint density at radius 3 is 1.38 bits per heavy atom. The highest BCUT2D eigenvalue weighted by Crippen LogP contribution is 2.61. The van der Waals surface area contributed by atoms with E-state index in [1.807, 2.05) is 0 Å². The minimum atomic E-state index is -0.602. The molecule has 0 fully saturated rings. The molecule has 2 atom stereocenters. The molecule has 0 N–H and O–H groups in total. The van der Waals surface area contributed by atoms with Gasteiger partial charge in [0.15, 0.2) is 0 Å². The van der Waals surface area contributed by atoms with Gasteiger partial charge in [0.25, 0.3) is 0 Å². The number of unbranched alkanes of at least 4 members (excludes halogenated alkanes) is 18. The number of aryl methyl sites for hydroxylation is 1. The van der Waals surface area contributed by atoms with E-state index in [0.717, 1.165) is 25.2 Å². The van der Waals surface area contributed by atoms with E-state index < -0.39 is 5.41 Å². The van der Waals surface area contributed by atoms with Gasteiger partial charge in [-0.15, -0.1) is 0 Å². The zero-order valence-corrected chi connectivity index (χ0v) is 52.5. The molecule has 1 nitrogen and oxygen atoms in total. The SMILES string of the molecule is CCCCCCCCC1(C)c2ccccc2-c2ccc(-c3cccc4c3-c3ccc(-c5ccc6c(c5)C(CCCCCCCC)(CCCCCCCC)c5ccccc5-6)cc3C4(c3ccc(C)cc3)c3ccc(OCCCCCC)cc3)cc21. The molecule has 1 heteroatoms. The first kappa shape index (κ1) is 59.3. The Labute approximate surface area is 508 Å². The van der Waals surface area contributed by atoms with Gasteiger partial charge in [0.1, 0.15) is 5.75 Å². The fraction of sp³-hybridized carbons (Fsp3) is 0.422. The molecule has 0 saturated carbocycles. The summed E-state index contributed by atoms with van der Waals surface area (Å²) in [5.41, 5.74) is 25.6. The number of hydrogen-bond acceptors (Lipinski definition) is 1. The lowest BCUT2D eigenvalue weighted by Gasteiger charge is -2.34. The first-order valence-corrected chi connectivity index (χ1v) is 33.9. The lowest BCUT2D eigenvalue weighted by Crippen LogP contribution is -2.28. The number of rotatable bonds is 31. The molecule has 0 heterocycles. The monoisotopic (exact) mass is 1110 g/mol. The molecule has 0 spiro atoms. The van der Waals surface area contributed by atoms with Crippen molar-refractivity contribution >= 4 is 0 Å². The minimum Gasteiger partial charge on any atom is -0.494 e. The van der Waals surface area contributed by atoms with Crippen molar-refractivity contribution in [2.45, 2.75) is 218 Å². The van der Waals surface area contributed by atoms with Crippen LogP contribution < -0.4 is 4.74 Å². The number of benzene rings is 8. The molecule has 8 aromatic rings. The summed E-state index contributed by atoms with van der Waals surface area (Å²) in [5.74, 6) is 0.947. The van der Waals surface area contributed by atoms with Gasteiger partial charge in [-0.05, 0) is 163 Å². The van der Waals surface area contributed by atoms with Gasteiger partial charge in [-0.3, -0.25) is 0 Å². The average molecular weight is 1110 g/mol. The van der Waals surface area contributed by atoms with Crippen LogP contribution in [0.2, 0.25) is 0 Å². The molecule has 2 unspecified atom stereocenters. The van der Waals surface area contributed by atoms with Gasteiger partial charge in [-0.2, -0.15) is 0 Å². The van der Waals surface area contributed by atoms with Crippen LogP contribution in [-0.4, -0.2) is 6.61 Å². The summed E-state index contributed by atoms with van der Waals surface area (Å²) in [4.78, 5) is 0. The first-order valence-electron chi connectivity index (χ1n) is 33.9. The van der Waals surface area contributed by atoms with Gasteiger partial charge in [0.05, 0.1) is 12.0 Å². The van der Waals surface area contributed by atoms with Crippen molar-refractivity contribution in [3.8, 4) is 61.4 Å². The predicted molar refractivity (Wildman–Crippen MR) is 361 cm³/mol. The summed E-state index contributed by atoms with van der Waals surface area (Å²) >= 11 is 0. The van der Waals surface area contributed by atoms with Crippen molar-refractivity contribution < 1.29 is 4.74 Å². The first-order chi connectivity index (χ1) is 41.3. The number of fused-ring (bicyclic) bond motifs is 9. The molecule has 3 aliphatic rings. The Bertz CT molecular complexity index is 3450. The summed E-state index contributed by atoms with van der Waals surface area (Å²) in [7, 11) is 0. The third kappa shape index (κ3) is 11.6. The highest BCUT2D eigenvalue weighted by Gasteiger charge is 2.48. The third-order valence-corrected chi connectivity index (χ3v) is 20.5. The van der Waals surface area contributed by atoms with Crippen LogP contribution in [-0.2, 0) is 16.2 Å². The maximum absolute atomic E-state index is 6.51. The molecule has 3 aliphatic carbocycles. The van der Waals surface area contributed by atoms with E-state index in [2.05, 4.69) is 211 Å². The largest absolute Gasteiger partial charge is 0.494 e. The standard InChI is InChI=1S/C83H98O/c1-7-11-15-19-22-29-54-81(6)74-37-27-25-34-69(74)71-52-44-64(60-77(71)81)68-36-33-39-76-80(68)73-53-43-63(59-79(73)83(76,65-45-40-61(5)41-46-65)66-47-49-67(50-48-66)84-57-32-18-14-10-4)62-42-51-72-70-35-26-28-38-75(70)82(78(72)58-62,55-30-23-20-16-12-8-2)56-31-24-21-17-13-9-3/h25-28,33-53,58-60H,7-24,29-32,54-57H2,1-6H3. The smallest absolute Gasteiger partial charge is 0.119 e. The van der Waals surface area contributed by atoms with E-state index in [9.17, 15) is 0 Å². The zero-order chi connectivity index (χ0) is 57.9. The molecule has 0 bridgehead atoms. The van der Waals surface area contributed by atoms with Gasteiger partial charge < -0.3 is 4.74 Å². The van der Waals surface area contributed by atoms with E-state index in [1.54, 1.807) is 11.1 Å². The van der Waals surface area contributed by atoms with Gasteiger partial charge in [0, 0.05) is 10.8 Å². The Morgan fingerprint density at radius 2 is 0.762 bits per heavy atom. The quantitative estimate of drug-likeness (QED) is 0.0394. The van der Waals surface area contributed by atoms with Crippen LogP contribution in [0.15, 0.2) is 170 Å². The van der Waals surface area contributed by atoms with E-state index >= 15 is 0 Å². The second kappa shape index (κ2) is 27.3. The van der Waals surface area contributed by atoms with Crippen LogP contribution in [0.3, 0.4) is 0 Å². The average Bonchev–Trinajstić information content (AvgIpc) is 1.93. The summed E-state index contributed by atoms with van der Waals surface area (Å²) in [6.07, 6.45) is 32.0. The highest BCUT2D eigenvalue weighted by atomic mass is 16.5. The number of hydrogen-bond donors (Lipinski definition) is 0. The predicted octanol–water partition coefficient (Wildman–Crippen LogP) is 24.5. The Kier molecular flexibility index (Phi) is 19.3. The van der Waals surface area contributed by atoms with Gasteiger partial charge in [0.2, 0.25) is 0 Å². The fourth-order valence-corrected chi connectivity index (χ4v) is 15.9. The van der Waals surface area contributed by atoms with Crippen molar-refractivity contribution in [2.75, 3.05) is 6.61 Å². The maximum Gasteiger partial charge on any atom is 0.119 e. The number of ether oxygens (including phenoxy) is 1. The molecule has 0 radical (unpaired) electrons. The van der Waals surface area contributed by atoms with Crippen LogP contribution in [0, 0.1) is 6.92 Å². The molecular weight excluding hydrogens is 1010 g/mol. The van der Waals surface area contributed by atoms with Crippen LogP contribution in [0.4, 0.5) is 0 Å². The van der Waals surface area contributed by atoms with E-state index in [0.29, 0.717) is 0 Å². The van der Waals surface area contributed by atoms with E-state index in [1.165, 1.54) is 242 Å². The highest BCUT2D eigenvalue weighted by molar-refractivity contribution is 5.98. The maximum atomic E-state index is 6.51. The molecule has 0 amide bonds. The zero-order valence-electron chi connectivity index (χ0n) is 52.5. The second-order valence-corrected chi connectivity index (χ2v) is 26.1. The van der Waals surface area contributed by atoms with Crippen molar-refractivity contribution in [1.82, 2.24) is 0 Å². The molecule has 8 aromatic carbocycles. The van der Waals surface area contributed by atoms with Crippen molar-refractivity contribution in [1.29, 1.82) is 0 Å². The summed E-state index contributed by atoms with van der Waals surface area (Å²) in [6, 6.07) is 67.7. The lowest BCUT2D eigenvalue weighted by molar-refractivity contribution is 0.305. The molecule has 0 aliphatic heterocycles. The summed E-state index contributed by atoms with van der Waals surface area (Å²) < 4.78 is 6.51. The van der Waals surface area contributed by atoms with Crippen molar-refractivity contribution in [3.63, 3.8) is 0 Å². The van der Waals surface area contributed by atoms with Crippen LogP contribution in [0.5, 0.6) is 5.75 Å². The van der Waals surface area contributed by atoms with Crippen LogP contribution in [0.25, 0.3) is 55.6 Å². The molecule has 84 heavy (non-hydrogen) atoms. The lowest BCUT2D eigenvalue weighted by atomic mass is 9.67. The minimum absolute atomic E-state index is 0.00667. The normalized spacial score (nSPS) is 16.7. The van der Waals surface area contributed by atoms with E-state index in [4.69, 9.17) is 4.74 Å². The Balaban J connectivity index is 1.07. The molecular formula is C83H98O. The summed E-state index contributed by atoms with van der Waals surface area (Å²) in [6.45, 7) is 14.8. The Morgan fingerprint density at radius 1 is 0.321 bits per heavy atom. The van der Waals surface area contributed by atoms with Crippen molar-refractivity contribution in [2.24, 2.45) is 0 Å². The summed E-state index contributed by atoms with van der Waals surface area (Å²) in [5, 5.41) is 0. The van der Waals surface area contributed by atoms with Crippen LogP contribution in [0.1, 0.15) is 245 Å². The molecule has 436 valence electrons. The van der Waals surface area contributed by atoms with E-state index in [-0.39, 0.29) is 10.8 Å². The fourth-order valence-electron chi connectivity index (χ4n) is 15.9. The molecule has 11 rings (SSSR count). The third-order valence-electron chi connectivity index (χ3n) is 20.5. The van der Waals surface area contributed by atoms with Crippen molar-refractivity contribution in [3.05, 3.63) is 220 Å². The molecule has 0 aromatic heterocycles. The topological polar surface area (TPSA) is 9.23 Å². The van der Waals surface area contributed by atoms with Gasteiger partial charge in [-0.25, -0.2) is 0 Å². The van der Waals surface area contributed by atoms with Crippen LogP contribution >= 0.6 is 0 Å². The second-order valence-electron chi connectivity index (χ2n) is 26.1.